The summed E-state index contributed by atoms with van der Waals surface area (Å²) in [5.74, 6) is 0.929. The number of hydrogen-bond donors (Lipinski definition) is 1. The van der Waals surface area contributed by atoms with E-state index >= 15 is 0 Å². The van der Waals surface area contributed by atoms with Gasteiger partial charge in [0.1, 0.15) is 0 Å². The summed E-state index contributed by atoms with van der Waals surface area (Å²) in [4.78, 5) is 0. The smallest absolute Gasteiger partial charge is 0.382 e. The van der Waals surface area contributed by atoms with E-state index in [2.05, 4.69) is 6.92 Å². The van der Waals surface area contributed by atoms with Crippen LogP contribution in [0.2, 0.25) is 6.04 Å². The summed E-state index contributed by atoms with van der Waals surface area (Å²) in [6.07, 6.45) is 8.09. The molecule has 23 heavy (non-hydrogen) atoms. The Labute approximate surface area is 149 Å². The molecule has 0 amide bonds. The fraction of sp³-hybridized carbons (Fsp3) is 1.00. The van der Waals surface area contributed by atoms with Gasteiger partial charge in [0, 0.05) is 25.9 Å². The normalized spacial score (nSPS) is 13.4. The first-order valence-corrected chi connectivity index (χ1v) is 12.3. The number of hydrogen-bond acceptors (Lipinski definition) is 5. The lowest BCUT2D eigenvalue weighted by atomic mass is 10.1. The van der Waals surface area contributed by atoms with E-state index in [0.717, 1.165) is 31.1 Å². The van der Waals surface area contributed by atoms with E-state index in [1.807, 2.05) is 20.8 Å². The second-order valence-electron chi connectivity index (χ2n) is 5.61. The Bertz CT molecular complexity index is 240. The topological polar surface area (TPSA) is 47.9 Å². The van der Waals surface area contributed by atoms with Gasteiger partial charge in [-0.15, -0.1) is 11.8 Å². The van der Waals surface area contributed by atoms with Gasteiger partial charge in [-0.2, -0.15) is 0 Å². The average Bonchev–Trinajstić information content (AvgIpc) is 2.52. The third-order valence-electron chi connectivity index (χ3n) is 3.58. The summed E-state index contributed by atoms with van der Waals surface area (Å²) in [7, 11) is -2.50. The van der Waals surface area contributed by atoms with Crippen molar-refractivity contribution in [3.8, 4) is 0 Å². The number of aliphatic hydroxyl groups excluding tert-OH is 1. The maximum absolute atomic E-state index is 10.0. The van der Waals surface area contributed by atoms with Crippen LogP contribution < -0.4 is 0 Å². The first kappa shape index (κ1) is 23.4. The van der Waals surface area contributed by atoms with Crippen LogP contribution in [-0.4, -0.2) is 44.9 Å². The van der Waals surface area contributed by atoms with Crippen molar-refractivity contribution in [3.05, 3.63) is 0 Å². The molecule has 1 unspecified atom stereocenters. The highest BCUT2D eigenvalue weighted by atomic mass is 32.2. The van der Waals surface area contributed by atoms with E-state index in [4.69, 9.17) is 13.3 Å². The predicted octanol–water partition coefficient (Wildman–Crippen LogP) is 4.84. The predicted molar refractivity (Wildman–Crippen MR) is 102 cm³/mol. The van der Waals surface area contributed by atoms with Gasteiger partial charge in [0.05, 0.1) is 5.44 Å². The largest absolute Gasteiger partial charge is 0.500 e. The van der Waals surface area contributed by atoms with Crippen molar-refractivity contribution in [3.63, 3.8) is 0 Å². The third-order valence-corrected chi connectivity index (χ3v) is 7.88. The van der Waals surface area contributed by atoms with Crippen LogP contribution >= 0.6 is 11.8 Å². The Balaban J connectivity index is 3.90. The van der Waals surface area contributed by atoms with Crippen molar-refractivity contribution in [2.24, 2.45) is 0 Å². The zero-order valence-corrected chi connectivity index (χ0v) is 17.5. The maximum atomic E-state index is 10.0. The number of aliphatic hydroxyl groups is 1. The fourth-order valence-electron chi connectivity index (χ4n) is 2.52. The Hall–Kier alpha value is 0.407. The van der Waals surface area contributed by atoms with Gasteiger partial charge in [-0.3, -0.25) is 0 Å². The van der Waals surface area contributed by atoms with E-state index in [-0.39, 0.29) is 5.44 Å². The molecule has 0 radical (unpaired) electrons. The molecule has 1 N–H and O–H groups in total. The molecule has 0 heterocycles. The van der Waals surface area contributed by atoms with Crippen molar-refractivity contribution in [2.75, 3.05) is 25.6 Å². The first-order valence-electron chi connectivity index (χ1n) is 9.35. The van der Waals surface area contributed by atoms with Crippen LogP contribution in [-0.2, 0) is 13.3 Å². The highest BCUT2D eigenvalue weighted by Gasteiger charge is 2.39. The summed E-state index contributed by atoms with van der Waals surface area (Å²) < 4.78 is 17.5. The SMILES string of the molecule is CCCCCCCC(O)SCCC[Si](OCC)(OCC)OCC. The molecule has 0 aliphatic carbocycles. The van der Waals surface area contributed by atoms with Gasteiger partial charge in [0.2, 0.25) is 0 Å². The van der Waals surface area contributed by atoms with Crippen molar-refractivity contribution in [2.45, 2.75) is 84.1 Å². The highest BCUT2D eigenvalue weighted by Crippen LogP contribution is 2.22. The minimum Gasteiger partial charge on any atom is -0.382 e. The van der Waals surface area contributed by atoms with Crippen LogP contribution in [0.3, 0.4) is 0 Å². The summed E-state index contributed by atoms with van der Waals surface area (Å²) in [6, 6.07) is 0.832. The summed E-state index contributed by atoms with van der Waals surface area (Å²) >= 11 is 1.65. The molecule has 1 atom stereocenters. The lowest BCUT2D eigenvalue weighted by Gasteiger charge is -2.28. The summed E-state index contributed by atoms with van der Waals surface area (Å²) in [5.41, 5.74) is -0.237. The summed E-state index contributed by atoms with van der Waals surface area (Å²) in [6.45, 7) is 10.0. The van der Waals surface area contributed by atoms with Crippen LogP contribution in [0.4, 0.5) is 0 Å². The Morgan fingerprint density at radius 3 is 1.91 bits per heavy atom. The van der Waals surface area contributed by atoms with Crippen LogP contribution in [0.25, 0.3) is 0 Å². The second kappa shape index (κ2) is 15.9. The van der Waals surface area contributed by atoms with E-state index in [0.29, 0.717) is 19.8 Å². The van der Waals surface area contributed by atoms with Gasteiger partial charge in [0.15, 0.2) is 0 Å². The van der Waals surface area contributed by atoms with Crippen LogP contribution in [0.1, 0.15) is 72.6 Å². The van der Waals surface area contributed by atoms with Gasteiger partial charge in [-0.1, -0.05) is 39.0 Å². The number of rotatable bonds is 17. The Morgan fingerprint density at radius 2 is 1.39 bits per heavy atom. The van der Waals surface area contributed by atoms with E-state index < -0.39 is 8.80 Å². The van der Waals surface area contributed by atoms with Gasteiger partial charge in [0.25, 0.3) is 0 Å². The van der Waals surface area contributed by atoms with E-state index in [1.54, 1.807) is 11.8 Å². The Kier molecular flexibility index (Phi) is 16.2. The van der Waals surface area contributed by atoms with Gasteiger partial charge < -0.3 is 18.4 Å². The highest BCUT2D eigenvalue weighted by molar-refractivity contribution is 7.99. The molecule has 0 saturated heterocycles. The van der Waals surface area contributed by atoms with Crippen LogP contribution in [0, 0.1) is 0 Å². The zero-order chi connectivity index (χ0) is 17.4. The molecule has 0 spiro atoms. The fourth-order valence-corrected chi connectivity index (χ4v) is 6.30. The molecule has 6 heteroatoms. The molecule has 0 aromatic carbocycles. The molecule has 0 fully saturated rings. The average molecular weight is 367 g/mol. The monoisotopic (exact) mass is 366 g/mol. The lowest BCUT2D eigenvalue weighted by Crippen LogP contribution is -2.46. The quantitative estimate of drug-likeness (QED) is 0.227. The van der Waals surface area contributed by atoms with Crippen LogP contribution in [0.5, 0.6) is 0 Å². The molecule has 140 valence electrons. The van der Waals surface area contributed by atoms with Crippen molar-refractivity contribution < 1.29 is 18.4 Å². The maximum Gasteiger partial charge on any atom is 0.500 e. The minimum absolute atomic E-state index is 0.237. The Morgan fingerprint density at radius 1 is 0.826 bits per heavy atom. The van der Waals surface area contributed by atoms with Gasteiger partial charge >= 0.3 is 8.80 Å². The van der Waals surface area contributed by atoms with Crippen molar-refractivity contribution in [1.82, 2.24) is 0 Å². The standard InChI is InChI=1S/C17H38O4SSi/c1-5-9-10-11-12-14-17(18)22-15-13-16-23(19-6-2,20-7-3)21-8-4/h17-18H,5-16H2,1-4H3. The van der Waals surface area contributed by atoms with Crippen molar-refractivity contribution >= 4 is 20.6 Å². The number of thioether (sulfide) groups is 1. The molecule has 0 rings (SSSR count). The third kappa shape index (κ3) is 12.4. The first-order chi connectivity index (χ1) is 11.1. The van der Waals surface area contributed by atoms with Gasteiger partial charge in [-0.25, -0.2) is 0 Å². The lowest BCUT2D eigenvalue weighted by molar-refractivity contribution is 0.0712. The zero-order valence-electron chi connectivity index (χ0n) is 15.6. The van der Waals surface area contributed by atoms with Crippen LogP contribution in [0.15, 0.2) is 0 Å². The molecule has 4 nitrogen and oxygen atoms in total. The van der Waals surface area contributed by atoms with Crippen molar-refractivity contribution in [1.29, 1.82) is 0 Å². The molecule has 0 aromatic rings. The van der Waals surface area contributed by atoms with E-state index in [9.17, 15) is 5.11 Å². The molecule has 0 saturated carbocycles. The molecular formula is C17H38O4SSi. The second-order valence-corrected chi connectivity index (χ2v) is 9.63. The van der Waals surface area contributed by atoms with Gasteiger partial charge in [-0.05, 0) is 39.4 Å². The molecule has 0 aliphatic heterocycles. The number of unbranched alkanes of at least 4 members (excludes halogenated alkanes) is 4. The molecular weight excluding hydrogens is 328 g/mol. The summed E-state index contributed by atoms with van der Waals surface area (Å²) in [5, 5.41) is 10.0. The van der Waals surface area contributed by atoms with E-state index in [1.165, 1.54) is 25.7 Å². The molecule has 0 aliphatic rings. The molecule has 0 bridgehead atoms. The minimum atomic E-state index is -2.50. The molecule has 0 aromatic heterocycles.